The first-order chi connectivity index (χ1) is 17.7. The molecule has 4 amide bonds. The molecule has 2 aromatic rings. The molecule has 2 aliphatic heterocycles. The van der Waals surface area contributed by atoms with Crippen molar-refractivity contribution in [3.05, 3.63) is 65.2 Å². The number of carbonyl (C=O) groups excluding carboxylic acids is 3. The molecule has 2 aliphatic rings. The summed E-state index contributed by atoms with van der Waals surface area (Å²) in [5, 5.41) is 15.3. The topological polar surface area (TPSA) is 123 Å². The molecule has 2 saturated heterocycles. The fraction of sp³-hybridized carbons (Fsp3) is 0.385. The first-order valence-corrected chi connectivity index (χ1v) is 12.0. The molecule has 0 radical (unpaired) electrons. The minimum absolute atomic E-state index is 0.0509. The number of carboxylic acid groups (broad SMARTS) is 1. The van der Waals surface area contributed by atoms with Gasteiger partial charge in [-0.3, -0.25) is 14.4 Å². The Hall–Kier alpha value is -4.12. The van der Waals surface area contributed by atoms with Gasteiger partial charge in [0.25, 0.3) is 0 Å². The predicted molar refractivity (Wildman–Crippen MR) is 133 cm³/mol. The summed E-state index contributed by atoms with van der Waals surface area (Å²) in [5.41, 5.74) is 2.74. The molecule has 0 spiro atoms. The minimum atomic E-state index is -1.21. The molecule has 2 aromatic carbocycles. The maximum atomic E-state index is 13.4. The van der Waals surface area contributed by atoms with E-state index in [1.807, 2.05) is 43.3 Å². The Balaban J connectivity index is 1.60. The van der Waals surface area contributed by atoms with Crippen LogP contribution in [0.25, 0.3) is 0 Å². The van der Waals surface area contributed by atoms with Crippen LogP contribution in [-0.2, 0) is 27.5 Å². The summed E-state index contributed by atoms with van der Waals surface area (Å²) in [6.45, 7) is 2.30. The molecule has 0 aliphatic carbocycles. The number of ether oxygens (including phenoxy) is 1. The second-order valence-electron chi connectivity index (χ2n) is 9.21. The van der Waals surface area contributed by atoms with E-state index in [0.717, 1.165) is 16.7 Å². The number of fused-ring (bicyclic) bond motifs is 1. The van der Waals surface area contributed by atoms with Gasteiger partial charge in [-0.15, -0.1) is 0 Å². The highest BCUT2D eigenvalue weighted by Gasteiger charge is 2.51. The summed E-state index contributed by atoms with van der Waals surface area (Å²) >= 11 is 0. The third kappa shape index (κ3) is 5.51. The summed E-state index contributed by atoms with van der Waals surface area (Å²) in [6.07, 6.45) is -1.40. The van der Waals surface area contributed by atoms with Gasteiger partial charge >= 0.3 is 12.0 Å². The minimum Gasteiger partial charge on any atom is -0.497 e. The zero-order valence-corrected chi connectivity index (χ0v) is 21.1. The number of carbonyl (C=O) groups is 4. The third-order valence-electron chi connectivity index (χ3n) is 6.74. The van der Waals surface area contributed by atoms with Crippen LogP contribution < -0.4 is 10.1 Å². The van der Waals surface area contributed by atoms with Crippen molar-refractivity contribution in [1.29, 1.82) is 0 Å². The van der Waals surface area contributed by atoms with Gasteiger partial charge in [-0.25, -0.2) is 14.8 Å². The number of likely N-dealkylation sites (N-methyl/N-ethyl adjacent to an activating group) is 1. The van der Waals surface area contributed by atoms with Crippen LogP contribution >= 0.6 is 0 Å². The zero-order valence-electron chi connectivity index (χ0n) is 21.1. The summed E-state index contributed by atoms with van der Waals surface area (Å²) in [6, 6.07) is 13.2. The molecule has 11 heteroatoms. The first-order valence-electron chi connectivity index (χ1n) is 12.0. The molecule has 2 fully saturated rings. The molecule has 37 heavy (non-hydrogen) atoms. The lowest BCUT2D eigenvalue weighted by Crippen LogP contribution is -2.76. The SMILES string of the molecule is COc1ccc(CNC(=O)N2[C@H]3CN(Cc4ccccc4C)C(=O)[C@H](CC(=O)O)N3C(=O)CN2C)cc1. The van der Waals surface area contributed by atoms with Crippen LogP contribution in [0.15, 0.2) is 48.5 Å². The van der Waals surface area contributed by atoms with Crippen LogP contribution in [0.2, 0.25) is 0 Å². The number of aryl methyl sites for hydroxylation is 1. The van der Waals surface area contributed by atoms with Crippen LogP contribution in [-0.4, -0.2) is 88.2 Å². The summed E-state index contributed by atoms with van der Waals surface area (Å²) in [7, 11) is 3.20. The number of nitrogens with zero attached hydrogens (tertiary/aromatic N) is 4. The molecule has 11 nitrogen and oxygen atoms in total. The van der Waals surface area contributed by atoms with Gasteiger partial charge in [0.05, 0.1) is 26.6 Å². The van der Waals surface area contributed by atoms with E-state index in [0.29, 0.717) is 5.75 Å². The maximum Gasteiger partial charge on any atom is 0.334 e. The third-order valence-corrected chi connectivity index (χ3v) is 6.74. The van der Waals surface area contributed by atoms with Crippen LogP contribution in [0.3, 0.4) is 0 Å². The van der Waals surface area contributed by atoms with Gasteiger partial charge in [-0.05, 0) is 35.7 Å². The molecule has 0 aromatic heterocycles. The Morgan fingerprint density at radius 3 is 2.46 bits per heavy atom. The molecule has 0 unspecified atom stereocenters. The smallest absolute Gasteiger partial charge is 0.334 e. The van der Waals surface area contributed by atoms with Crippen molar-refractivity contribution in [2.75, 3.05) is 27.2 Å². The van der Waals surface area contributed by atoms with Crippen LogP contribution in [0, 0.1) is 6.92 Å². The molecular formula is C26H31N5O6. The number of hydrogen-bond acceptors (Lipinski definition) is 6. The van der Waals surface area contributed by atoms with E-state index < -0.39 is 42.4 Å². The van der Waals surface area contributed by atoms with Gasteiger partial charge in [0.2, 0.25) is 11.8 Å². The summed E-state index contributed by atoms with van der Waals surface area (Å²) in [4.78, 5) is 54.3. The van der Waals surface area contributed by atoms with Crippen LogP contribution in [0.1, 0.15) is 23.1 Å². The van der Waals surface area contributed by atoms with E-state index in [1.165, 1.54) is 19.8 Å². The van der Waals surface area contributed by atoms with E-state index in [9.17, 15) is 24.3 Å². The monoisotopic (exact) mass is 509 g/mol. The van der Waals surface area contributed by atoms with Gasteiger partial charge in [-0.1, -0.05) is 36.4 Å². The highest BCUT2D eigenvalue weighted by molar-refractivity contribution is 5.93. The predicted octanol–water partition coefficient (Wildman–Crippen LogP) is 1.42. The zero-order chi connectivity index (χ0) is 26.7. The van der Waals surface area contributed by atoms with E-state index >= 15 is 0 Å². The van der Waals surface area contributed by atoms with Gasteiger partial charge in [0, 0.05) is 20.1 Å². The second kappa shape index (κ2) is 10.9. The van der Waals surface area contributed by atoms with Crippen molar-refractivity contribution < 1.29 is 29.0 Å². The number of benzene rings is 2. The number of hydrogen-bond donors (Lipinski definition) is 2. The van der Waals surface area contributed by atoms with E-state index in [-0.39, 0.29) is 26.2 Å². The average Bonchev–Trinajstić information content (AvgIpc) is 2.86. The van der Waals surface area contributed by atoms with Gasteiger partial charge in [0.15, 0.2) is 0 Å². The van der Waals surface area contributed by atoms with Crippen molar-refractivity contribution in [1.82, 2.24) is 25.1 Å². The van der Waals surface area contributed by atoms with E-state index in [4.69, 9.17) is 4.74 Å². The number of aliphatic carboxylic acids is 1. The number of rotatable bonds is 7. The van der Waals surface area contributed by atoms with E-state index in [2.05, 4.69) is 5.32 Å². The van der Waals surface area contributed by atoms with Crippen molar-refractivity contribution in [3.8, 4) is 5.75 Å². The Labute approximate surface area is 215 Å². The van der Waals surface area contributed by atoms with Gasteiger partial charge in [-0.2, -0.15) is 0 Å². The number of urea groups is 1. The Bertz CT molecular complexity index is 1190. The molecule has 2 heterocycles. The van der Waals surface area contributed by atoms with Crippen molar-refractivity contribution in [2.45, 2.75) is 38.6 Å². The molecule has 0 saturated carbocycles. The van der Waals surface area contributed by atoms with Crippen LogP contribution in [0.4, 0.5) is 4.79 Å². The number of hydrazine groups is 1. The van der Waals surface area contributed by atoms with Crippen molar-refractivity contribution >= 4 is 23.8 Å². The van der Waals surface area contributed by atoms with Crippen LogP contribution in [0.5, 0.6) is 5.75 Å². The second-order valence-corrected chi connectivity index (χ2v) is 9.21. The van der Waals surface area contributed by atoms with E-state index in [1.54, 1.807) is 26.3 Å². The fourth-order valence-electron chi connectivity index (χ4n) is 4.81. The lowest BCUT2D eigenvalue weighted by molar-refractivity contribution is -0.189. The molecule has 4 rings (SSSR count). The Morgan fingerprint density at radius 2 is 1.81 bits per heavy atom. The fourth-order valence-corrected chi connectivity index (χ4v) is 4.81. The van der Waals surface area contributed by atoms with Gasteiger partial charge in [0.1, 0.15) is 18.0 Å². The lowest BCUT2D eigenvalue weighted by atomic mass is 10.0. The number of methoxy groups -OCH3 is 1. The standard InChI is InChI=1S/C26H31N5O6/c1-17-6-4-5-7-19(17)14-29-15-22-30(21(25(29)35)12-24(33)34)23(32)16-28(2)31(22)26(36)27-13-18-8-10-20(37-3)11-9-18/h4-11,21-22H,12-16H2,1-3H3,(H,27,36)(H,33,34)/t21-,22-/m0/s1. The Kier molecular flexibility index (Phi) is 7.63. The number of nitrogens with one attached hydrogen (secondary N) is 1. The average molecular weight is 510 g/mol. The molecular weight excluding hydrogens is 478 g/mol. The number of carboxylic acids is 1. The summed E-state index contributed by atoms with van der Waals surface area (Å²) < 4.78 is 5.17. The normalized spacial score (nSPS) is 20.0. The molecule has 2 atom stereocenters. The Morgan fingerprint density at radius 1 is 1.11 bits per heavy atom. The largest absolute Gasteiger partial charge is 0.497 e. The number of amides is 4. The highest BCUT2D eigenvalue weighted by atomic mass is 16.5. The van der Waals surface area contributed by atoms with Gasteiger partial charge < -0.3 is 25.0 Å². The quantitative estimate of drug-likeness (QED) is 0.579. The number of piperazine rings is 1. The lowest BCUT2D eigenvalue weighted by Gasteiger charge is -2.54. The summed E-state index contributed by atoms with van der Waals surface area (Å²) in [5.74, 6) is -1.34. The molecule has 0 bridgehead atoms. The maximum absolute atomic E-state index is 13.4. The van der Waals surface area contributed by atoms with Crippen molar-refractivity contribution in [3.63, 3.8) is 0 Å². The molecule has 196 valence electrons. The first kappa shape index (κ1) is 26.0. The molecule has 2 N–H and O–H groups in total. The highest BCUT2D eigenvalue weighted by Crippen LogP contribution is 2.28. The van der Waals surface area contributed by atoms with Crippen molar-refractivity contribution in [2.24, 2.45) is 0 Å².